The lowest BCUT2D eigenvalue weighted by Crippen LogP contribution is -2.20. The van der Waals surface area contributed by atoms with E-state index < -0.39 is 0 Å². The first-order valence-electron chi connectivity index (χ1n) is 7.66. The minimum Gasteiger partial charge on any atom is -0.467 e. The molecule has 0 radical (unpaired) electrons. The maximum absolute atomic E-state index is 5.67. The Morgan fingerprint density at radius 2 is 2.00 bits per heavy atom. The molecule has 0 amide bonds. The number of benzene rings is 1. The van der Waals surface area contributed by atoms with Crippen LogP contribution < -0.4 is 10.2 Å². The third-order valence-electron chi connectivity index (χ3n) is 3.72. The molecule has 0 atom stereocenters. The van der Waals surface area contributed by atoms with Crippen molar-refractivity contribution in [1.82, 2.24) is 5.32 Å². The van der Waals surface area contributed by atoms with Gasteiger partial charge in [0.15, 0.2) is 0 Å². The van der Waals surface area contributed by atoms with Gasteiger partial charge >= 0.3 is 0 Å². The average Bonchev–Trinajstić information content (AvgIpc) is 2.86. The summed E-state index contributed by atoms with van der Waals surface area (Å²) in [7, 11) is 2.11. The molecule has 0 aliphatic carbocycles. The summed E-state index contributed by atoms with van der Waals surface area (Å²) in [6.07, 6.45) is 2.93. The van der Waals surface area contributed by atoms with E-state index in [9.17, 15) is 0 Å². The number of aryl methyl sites for hydroxylation is 2. The highest BCUT2D eigenvalue weighted by Crippen LogP contribution is 2.23. The standard InChI is InChI=1S/C18H26N2O/c1-5-9-19-12-16-8-10-21-18(16)13-20(4)17-7-6-14(2)11-15(17)3/h6-8,10-11,19H,5,9,12-13H2,1-4H3. The van der Waals surface area contributed by atoms with E-state index in [0.29, 0.717) is 0 Å². The lowest BCUT2D eigenvalue weighted by Gasteiger charge is -2.21. The van der Waals surface area contributed by atoms with Crippen molar-refractivity contribution in [3.63, 3.8) is 0 Å². The predicted octanol–water partition coefficient (Wildman–Crippen LogP) is 4.03. The van der Waals surface area contributed by atoms with Crippen molar-refractivity contribution in [2.24, 2.45) is 0 Å². The van der Waals surface area contributed by atoms with Crippen LogP contribution in [0.1, 0.15) is 35.8 Å². The highest BCUT2D eigenvalue weighted by atomic mass is 16.3. The highest BCUT2D eigenvalue weighted by Gasteiger charge is 2.11. The van der Waals surface area contributed by atoms with Crippen molar-refractivity contribution in [2.75, 3.05) is 18.5 Å². The minimum absolute atomic E-state index is 0.792. The summed E-state index contributed by atoms with van der Waals surface area (Å²) in [5.74, 6) is 1.04. The predicted molar refractivity (Wildman–Crippen MR) is 88.7 cm³/mol. The van der Waals surface area contributed by atoms with E-state index in [-0.39, 0.29) is 0 Å². The van der Waals surface area contributed by atoms with Gasteiger partial charge in [-0.3, -0.25) is 0 Å². The third kappa shape index (κ3) is 4.11. The molecule has 2 rings (SSSR count). The van der Waals surface area contributed by atoms with E-state index in [4.69, 9.17) is 4.42 Å². The summed E-state index contributed by atoms with van der Waals surface area (Å²) in [5, 5.41) is 3.43. The highest BCUT2D eigenvalue weighted by molar-refractivity contribution is 5.54. The molecule has 0 bridgehead atoms. The first-order chi connectivity index (χ1) is 10.1. The Bertz CT molecular complexity index is 574. The molecule has 0 saturated heterocycles. The van der Waals surface area contributed by atoms with Crippen LogP contribution in [0.5, 0.6) is 0 Å². The van der Waals surface area contributed by atoms with Gasteiger partial charge in [-0.25, -0.2) is 0 Å². The van der Waals surface area contributed by atoms with E-state index in [1.54, 1.807) is 6.26 Å². The fourth-order valence-electron chi connectivity index (χ4n) is 2.60. The third-order valence-corrected chi connectivity index (χ3v) is 3.72. The van der Waals surface area contributed by atoms with Crippen molar-refractivity contribution in [3.05, 3.63) is 53.0 Å². The molecule has 0 fully saturated rings. The van der Waals surface area contributed by atoms with Crippen LogP contribution in [-0.2, 0) is 13.1 Å². The van der Waals surface area contributed by atoms with E-state index in [0.717, 1.165) is 31.8 Å². The van der Waals surface area contributed by atoms with Crippen molar-refractivity contribution in [2.45, 2.75) is 40.3 Å². The maximum atomic E-state index is 5.67. The Balaban J connectivity index is 2.05. The van der Waals surface area contributed by atoms with Crippen molar-refractivity contribution < 1.29 is 4.42 Å². The molecule has 1 aromatic carbocycles. The van der Waals surface area contributed by atoms with Crippen molar-refractivity contribution in [3.8, 4) is 0 Å². The zero-order chi connectivity index (χ0) is 15.2. The summed E-state index contributed by atoms with van der Waals surface area (Å²) >= 11 is 0. The van der Waals surface area contributed by atoms with E-state index in [2.05, 4.69) is 62.3 Å². The number of furan rings is 1. The van der Waals surface area contributed by atoms with E-state index in [1.807, 2.05) is 0 Å². The lowest BCUT2D eigenvalue weighted by atomic mass is 10.1. The van der Waals surface area contributed by atoms with Crippen LogP contribution >= 0.6 is 0 Å². The van der Waals surface area contributed by atoms with Gasteiger partial charge in [-0.05, 0) is 44.5 Å². The maximum Gasteiger partial charge on any atom is 0.127 e. The average molecular weight is 286 g/mol. The SMILES string of the molecule is CCCNCc1ccoc1CN(C)c1ccc(C)cc1C. The Kier molecular flexibility index (Phi) is 5.45. The number of hydrogen-bond acceptors (Lipinski definition) is 3. The van der Waals surface area contributed by atoms with Crippen LogP contribution in [0.2, 0.25) is 0 Å². The fourth-order valence-corrected chi connectivity index (χ4v) is 2.60. The lowest BCUT2D eigenvalue weighted by molar-refractivity contribution is 0.499. The molecular formula is C18H26N2O. The van der Waals surface area contributed by atoms with Crippen LogP contribution in [0.3, 0.4) is 0 Å². The van der Waals surface area contributed by atoms with E-state index in [1.165, 1.54) is 22.4 Å². The number of nitrogens with one attached hydrogen (secondary N) is 1. The van der Waals surface area contributed by atoms with Gasteiger partial charge in [0.2, 0.25) is 0 Å². The second-order valence-electron chi connectivity index (χ2n) is 5.69. The molecular weight excluding hydrogens is 260 g/mol. The van der Waals surface area contributed by atoms with Gasteiger partial charge in [-0.15, -0.1) is 0 Å². The molecule has 1 heterocycles. The molecule has 0 aliphatic rings. The molecule has 1 aromatic heterocycles. The fraction of sp³-hybridized carbons (Fsp3) is 0.444. The van der Waals surface area contributed by atoms with Crippen molar-refractivity contribution >= 4 is 5.69 Å². The summed E-state index contributed by atoms with van der Waals surface area (Å²) < 4.78 is 5.67. The van der Waals surface area contributed by atoms with Gasteiger partial charge in [-0.2, -0.15) is 0 Å². The molecule has 3 heteroatoms. The molecule has 0 spiro atoms. The van der Waals surface area contributed by atoms with Gasteiger partial charge in [0.25, 0.3) is 0 Å². The summed E-state index contributed by atoms with van der Waals surface area (Å²) in [5.41, 5.74) is 5.10. The smallest absolute Gasteiger partial charge is 0.127 e. The number of rotatable bonds is 7. The second-order valence-corrected chi connectivity index (χ2v) is 5.69. The van der Waals surface area contributed by atoms with E-state index >= 15 is 0 Å². The van der Waals surface area contributed by atoms with Gasteiger partial charge in [0.05, 0.1) is 12.8 Å². The summed E-state index contributed by atoms with van der Waals surface area (Å²) in [6.45, 7) is 9.17. The zero-order valence-corrected chi connectivity index (χ0v) is 13.6. The first-order valence-corrected chi connectivity index (χ1v) is 7.66. The quantitative estimate of drug-likeness (QED) is 0.779. The summed E-state index contributed by atoms with van der Waals surface area (Å²) in [4.78, 5) is 2.25. The van der Waals surface area contributed by atoms with Crippen LogP contribution in [0, 0.1) is 13.8 Å². The van der Waals surface area contributed by atoms with Crippen LogP contribution in [0.15, 0.2) is 34.9 Å². The molecule has 2 aromatic rings. The van der Waals surface area contributed by atoms with Crippen molar-refractivity contribution in [1.29, 1.82) is 0 Å². The Morgan fingerprint density at radius 1 is 1.19 bits per heavy atom. The molecule has 0 aliphatic heterocycles. The molecule has 1 N–H and O–H groups in total. The molecule has 3 nitrogen and oxygen atoms in total. The monoisotopic (exact) mass is 286 g/mol. The second kappa shape index (κ2) is 7.32. The van der Waals surface area contributed by atoms with Crippen LogP contribution in [0.4, 0.5) is 5.69 Å². The van der Waals surface area contributed by atoms with Gasteiger partial charge < -0.3 is 14.6 Å². The first kappa shape index (κ1) is 15.6. The van der Waals surface area contributed by atoms with Gasteiger partial charge in [0.1, 0.15) is 5.76 Å². The summed E-state index contributed by atoms with van der Waals surface area (Å²) in [6, 6.07) is 8.62. The number of nitrogens with zero attached hydrogens (tertiary/aromatic N) is 1. The molecule has 21 heavy (non-hydrogen) atoms. The number of hydrogen-bond donors (Lipinski definition) is 1. The Hall–Kier alpha value is -1.74. The van der Waals surface area contributed by atoms with Crippen LogP contribution in [-0.4, -0.2) is 13.6 Å². The largest absolute Gasteiger partial charge is 0.467 e. The topological polar surface area (TPSA) is 28.4 Å². The molecule has 0 saturated carbocycles. The molecule has 114 valence electrons. The number of anilines is 1. The van der Waals surface area contributed by atoms with Gasteiger partial charge in [0, 0.05) is 24.8 Å². The van der Waals surface area contributed by atoms with Gasteiger partial charge in [-0.1, -0.05) is 24.6 Å². The molecule has 0 unspecified atom stereocenters. The Labute approximate surface area is 128 Å². The normalized spacial score (nSPS) is 10.9. The minimum atomic E-state index is 0.792. The zero-order valence-electron chi connectivity index (χ0n) is 13.6. The van der Waals surface area contributed by atoms with Crippen LogP contribution in [0.25, 0.3) is 0 Å². The Morgan fingerprint density at radius 3 is 2.71 bits per heavy atom.